The van der Waals surface area contributed by atoms with Crippen molar-refractivity contribution in [2.24, 2.45) is 5.92 Å². The van der Waals surface area contributed by atoms with Gasteiger partial charge in [0.25, 0.3) is 5.56 Å². The maximum absolute atomic E-state index is 12.6. The lowest BCUT2D eigenvalue weighted by Gasteiger charge is -2.32. The molecule has 0 aliphatic carbocycles. The Balaban J connectivity index is 1.75. The SMILES string of the molecule is CCNC(=O)C1CCCN(C(=O)Cn2cnc3ccc(Br)cc3c2=O)C1. The number of carbonyl (C=O) groups is 2. The summed E-state index contributed by atoms with van der Waals surface area (Å²) in [5.41, 5.74) is 0.345. The van der Waals surface area contributed by atoms with Gasteiger partial charge in [-0.05, 0) is 38.0 Å². The number of halogens is 1. The number of nitrogens with one attached hydrogen (secondary N) is 1. The minimum atomic E-state index is -0.248. The van der Waals surface area contributed by atoms with Crippen LogP contribution in [0.4, 0.5) is 0 Å². The topological polar surface area (TPSA) is 84.3 Å². The molecule has 26 heavy (non-hydrogen) atoms. The van der Waals surface area contributed by atoms with Crippen molar-refractivity contribution >= 4 is 38.6 Å². The molecule has 0 saturated carbocycles. The number of fused-ring (bicyclic) bond motifs is 1. The zero-order chi connectivity index (χ0) is 18.7. The van der Waals surface area contributed by atoms with Gasteiger partial charge in [-0.25, -0.2) is 4.98 Å². The molecule has 1 N–H and O–H groups in total. The maximum Gasteiger partial charge on any atom is 0.261 e. The van der Waals surface area contributed by atoms with Gasteiger partial charge in [-0.3, -0.25) is 19.0 Å². The molecular formula is C18H21BrN4O3. The Labute approximate surface area is 159 Å². The van der Waals surface area contributed by atoms with E-state index >= 15 is 0 Å². The number of amides is 2. The van der Waals surface area contributed by atoms with Crippen LogP contribution in [0.25, 0.3) is 10.9 Å². The number of hydrogen-bond acceptors (Lipinski definition) is 4. The Bertz CT molecular complexity index is 896. The molecule has 3 rings (SSSR count). The highest BCUT2D eigenvalue weighted by Crippen LogP contribution is 2.18. The van der Waals surface area contributed by atoms with Gasteiger partial charge < -0.3 is 10.2 Å². The Hall–Kier alpha value is -2.22. The molecule has 1 aliphatic heterocycles. The summed E-state index contributed by atoms with van der Waals surface area (Å²) in [4.78, 5) is 43.2. The summed E-state index contributed by atoms with van der Waals surface area (Å²) in [5.74, 6) is -0.369. The van der Waals surface area contributed by atoms with Crippen LogP contribution in [0.3, 0.4) is 0 Å². The lowest BCUT2D eigenvalue weighted by molar-refractivity contribution is -0.136. The summed E-state index contributed by atoms with van der Waals surface area (Å²) in [6.45, 7) is 3.39. The number of hydrogen-bond donors (Lipinski definition) is 1. The van der Waals surface area contributed by atoms with Crippen LogP contribution in [0.2, 0.25) is 0 Å². The fourth-order valence-electron chi connectivity index (χ4n) is 3.23. The third-order valence-corrected chi connectivity index (χ3v) is 5.08. The van der Waals surface area contributed by atoms with Crippen molar-refractivity contribution in [3.05, 3.63) is 39.4 Å². The Morgan fingerprint density at radius 3 is 2.96 bits per heavy atom. The van der Waals surface area contributed by atoms with E-state index in [1.54, 1.807) is 17.0 Å². The normalized spacial score (nSPS) is 17.3. The number of carbonyl (C=O) groups excluding carboxylic acids is 2. The summed E-state index contributed by atoms with van der Waals surface area (Å²) in [6.07, 6.45) is 2.97. The van der Waals surface area contributed by atoms with Crippen LogP contribution in [0.1, 0.15) is 19.8 Å². The first-order chi connectivity index (χ1) is 12.5. The average Bonchev–Trinajstić information content (AvgIpc) is 2.64. The number of rotatable bonds is 4. The van der Waals surface area contributed by atoms with E-state index in [4.69, 9.17) is 0 Å². The molecule has 1 aromatic heterocycles. The number of aromatic nitrogens is 2. The molecule has 1 fully saturated rings. The summed E-state index contributed by atoms with van der Waals surface area (Å²) in [6, 6.07) is 5.28. The van der Waals surface area contributed by atoms with Gasteiger partial charge in [0.1, 0.15) is 6.54 Å². The second-order valence-corrected chi connectivity index (χ2v) is 7.33. The summed E-state index contributed by atoms with van der Waals surface area (Å²) in [5, 5.41) is 3.28. The third kappa shape index (κ3) is 3.95. The van der Waals surface area contributed by atoms with E-state index < -0.39 is 0 Å². The first kappa shape index (κ1) is 18.6. The van der Waals surface area contributed by atoms with Gasteiger partial charge in [0.05, 0.1) is 23.1 Å². The molecule has 2 amide bonds. The van der Waals surface area contributed by atoms with Crippen molar-refractivity contribution < 1.29 is 9.59 Å². The Kier molecular flexibility index (Phi) is 5.70. The first-order valence-electron chi connectivity index (χ1n) is 8.69. The van der Waals surface area contributed by atoms with Crippen LogP contribution >= 0.6 is 15.9 Å². The monoisotopic (exact) mass is 420 g/mol. The van der Waals surface area contributed by atoms with Crippen molar-refractivity contribution in [1.82, 2.24) is 19.8 Å². The van der Waals surface area contributed by atoms with E-state index in [9.17, 15) is 14.4 Å². The van der Waals surface area contributed by atoms with Crippen LogP contribution in [0, 0.1) is 5.92 Å². The molecule has 1 saturated heterocycles. The molecule has 7 nitrogen and oxygen atoms in total. The average molecular weight is 421 g/mol. The van der Waals surface area contributed by atoms with Crippen molar-refractivity contribution in [2.45, 2.75) is 26.3 Å². The minimum Gasteiger partial charge on any atom is -0.356 e. The molecular weight excluding hydrogens is 400 g/mol. The highest BCUT2D eigenvalue weighted by Gasteiger charge is 2.28. The third-order valence-electron chi connectivity index (χ3n) is 4.59. The minimum absolute atomic E-state index is 0.0145. The predicted molar refractivity (Wildman–Crippen MR) is 102 cm³/mol. The molecule has 1 aromatic carbocycles. The van der Waals surface area contributed by atoms with E-state index in [0.717, 1.165) is 17.3 Å². The Morgan fingerprint density at radius 1 is 1.38 bits per heavy atom. The lowest BCUT2D eigenvalue weighted by Crippen LogP contribution is -2.47. The molecule has 0 bridgehead atoms. The van der Waals surface area contributed by atoms with Gasteiger partial charge in [-0.1, -0.05) is 15.9 Å². The standard InChI is InChI=1S/C18H21BrN4O3/c1-2-20-17(25)12-4-3-7-22(9-12)16(24)10-23-11-21-15-6-5-13(19)8-14(15)18(23)26/h5-6,8,11-12H,2-4,7,9-10H2,1H3,(H,20,25). The molecule has 1 unspecified atom stereocenters. The smallest absolute Gasteiger partial charge is 0.261 e. The zero-order valence-corrected chi connectivity index (χ0v) is 16.2. The molecule has 138 valence electrons. The van der Waals surface area contributed by atoms with Gasteiger partial charge in [0.2, 0.25) is 11.8 Å². The van der Waals surface area contributed by atoms with Crippen LogP contribution < -0.4 is 10.9 Å². The number of piperidine rings is 1. The molecule has 2 heterocycles. The zero-order valence-electron chi connectivity index (χ0n) is 14.6. The van der Waals surface area contributed by atoms with Gasteiger partial charge in [0, 0.05) is 24.1 Å². The Morgan fingerprint density at radius 2 is 2.19 bits per heavy atom. The molecule has 8 heteroatoms. The van der Waals surface area contributed by atoms with Crippen molar-refractivity contribution in [3.8, 4) is 0 Å². The van der Waals surface area contributed by atoms with Crippen LogP contribution in [0.15, 0.2) is 33.8 Å². The molecule has 1 atom stereocenters. The van der Waals surface area contributed by atoms with E-state index in [2.05, 4.69) is 26.2 Å². The fraction of sp³-hybridized carbons (Fsp3) is 0.444. The number of likely N-dealkylation sites (tertiary alicyclic amines) is 1. The highest BCUT2D eigenvalue weighted by atomic mass is 79.9. The van der Waals surface area contributed by atoms with E-state index in [1.807, 2.05) is 13.0 Å². The van der Waals surface area contributed by atoms with E-state index in [1.165, 1.54) is 10.9 Å². The summed E-state index contributed by atoms with van der Waals surface area (Å²) in [7, 11) is 0. The van der Waals surface area contributed by atoms with Crippen LogP contribution in [0.5, 0.6) is 0 Å². The fourth-order valence-corrected chi connectivity index (χ4v) is 3.59. The van der Waals surface area contributed by atoms with Crippen molar-refractivity contribution in [2.75, 3.05) is 19.6 Å². The highest BCUT2D eigenvalue weighted by molar-refractivity contribution is 9.10. The van der Waals surface area contributed by atoms with Gasteiger partial charge in [-0.2, -0.15) is 0 Å². The first-order valence-corrected chi connectivity index (χ1v) is 9.49. The molecule has 0 radical (unpaired) electrons. The second kappa shape index (κ2) is 7.99. The van der Waals surface area contributed by atoms with Gasteiger partial charge in [0.15, 0.2) is 0 Å². The van der Waals surface area contributed by atoms with Crippen LogP contribution in [-0.4, -0.2) is 45.9 Å². The van der Waals surface area contributed by atoms with Crippen molar-refractivity contribution in [1.29, 1.82) is 0 Å². The van der Waals surface area contributed by atoms with Crippen molar-refractivity contribution in [3.63, 3.8) is 0 Å². The summed E-state index contributed by atoms with van der Waals surface area (Å²) < 4.78 is 2.11. The molecule has 2 aromatic rings. The second-order valence-electron chi connectivity index (χ2n) is 6.41. The van der Waals surface area contributed by atoms with E-state index in [0.29, 0.717) is 30.5 Å². The van der Waals surface area contributed by atoms with Gasteiger partial charge >= 0.3 is 0 Å². The molecule has 1 aliphatic rings. The number of nitrogens with zero attached hydrogens (tertiary/aromatic N) is 3. The maximum atomic E-state index is 12.6. The number of benzene rings is 1. The van der Waals surface area contributed by atoms with Crippen LogP contribution in [-0.2, 0) is 16.1 Å². The summed E-state index contributed by atoms with van der Waals surface area (Å²) >= 11 is 3.35. The van der Waals surface area contributed by atoms with Gasteiger partial charge in [-0.15, -0.1) is 0 Å². The van der Waals surface area contributed by atoms with E-state index in [-0.39, 0.29) is 29.8 Å². The predicted octanol–water partition coefficient (Wildman–Crippen LogP) is 1.53. The largest absolute Gasteiger partial charge is 0.356 e. The quantitative estimate of drug-likeness (QED) is 0.812. The lowest BCUT2D eigenvalue weighted by atomic mass is 9.97. The molecule has 0 spiro atoms.